The van der Waals surface area contributed by atoms with Gasteiger partial charge in [-0.05, 0) is 26.7 Å². The summed E-state index contributed by atoms with van der Waals surface area (Å²) in [4.78, 5) is 2.46. The Balaban J connectivity index is 2.49. The van der Waals surface area contributed by atoms with Gasteiger partial charge in [-0.2, -0.15) is 0 Å². The summed E-state index contributed by atoms with van der Waals surface area (Å²) in [6.45, 7) is 11.4. The van der Waals surface area contributed by atoms with Crippen molar-refractivity contribution in [2.24, 2.45) is 5.73 Å². The number of piperidine rings is 1. The first kappa shape index (κ1) is 9.75. The highest BCUT2D eigenvalue weighted by atomic mass is 15.2. The lowest BCUT2D eigenvalue weighted by Gasteiger charge is -2.40. The molecule has 0 radical (unpaired) electrons. The molecular formula is C10H20N2. The van der Waals surface area contributed by atoms with E-state index < -0.39 is 0 Å². The molecule has 0 bridgehead atoms. The molecule has 0 aliphatic carbocycles. The van der Waals surface area contributed by atoms with Crippen molar-refractivity contribution in [1.29, 1.82) is 0 Å². The fourth-order valence-electron chi connectivity index (χ4n) is 1.56. The molecule has 0 aromatic carbocycles. The molecule has 2 heteroatoms. The number of likely N-dealkylation sites (tertiary alicyclic amines) is 1. The van der Waals surface area contributed by atoms with Crippen LogP contribution < -0.4 is 5.73 Å². The SMILES string of the molecule is C=C1CCN(C(C)(C)CN)CC1. The molecule has 1 fully saturated rings. The summed E-state index contributed by atoms with van der Waals surface area (Å²) in [5.74, 6) is 0. The lowest BCUT2D eigenvalue weighted by molar-refractivity contribution is 0.117. The van der Waals surface area contributed by atoms with Crippen LogP contribution in [0.4, 0.5) is 0 Å². The van der Waals surface area contributed by atoms with Crippen LogP contribution in [0.2, 0.25) is 0 Å². The van der Waals surface area contributed by atoms with Crippen LogP contribution in [0.25, 0.3) is 0 Å². The van der Waals surface area contributed by atoms with Crippen molar-refractivity contribution in [3.63, 3.8) is 0 Å². The van der Waals surface area contributed by atoms with E-state index in [4.69, 9.17) is 5.73 Å². The minimum Gasteiger partial charge on any atom is -0.329 e. The Labute approximate surface area is 75.4 Å². The van der Waals surface area contributed by atoms with Crippen molar-refractivity contribution in [2.75, 3.05) is 19.6 Å². The van der Waals surface area contributed by atoms with Crippen LogP contribution in [-0.2, 0) is 0 Å². The van der Waals surface area contributed by atoms with Gasteiger partial charge in [0.05, 0.1) is 0 Å². The lowest BCUT2D eigenvalue weighted by Crippen LogP contribution is -2.51. The van der Waals surface area contributed by atoms with Crippen molar-refractivity contribution in [3.05, 3.63) is 12.2 Å². The fourth-order valence-corrected chi connectivity index (χ4v) is 1.56. The van der Waals surface area contributed by atoms with Gasteiger partial charge >= 0.3 is 0 Å². The van der Waals surface area contributed by atoms with Gasteiger partial charge < -0.3 is 5.73 Å². The molecule has 2 N–H and O–H groups in total. The second-order valence-electron chi connectivity index (χ2n) is 4.25. The predicted octanol–water partition coefficient (Wildman–Crippen LogP) is 1.38. The van der Waals surface area contributed by atoms with Gasteiger partial charge in [0.15, 0.2) is 0 Å². The Hall–Kier alpha value is -0.340. The molecule has 0 unspecified atom stereocenters. The molecular weight excluding hydrogens is 148 g/mol. The van der Waals surface area contributed by atoms with Crippen LogP contribution in [0.15, 0.2) is 12.2 Å². The van der Waals surface area contributed by atoms with Crippen LogP contribution in [-0.4, -0.2) is 30.1 Å². The Morgan fingerprint density at radius 3 is 2.33 bits per heavy atom. The van der Waals surface area contributed by atoms with E-state index in [-0.39, 0.29) is 5.54 Å². The number of hydrogen-bond acceptors (Lipinski definition) is 2. The van der Waals surface area contributed by atoms with Crippen LogP contribution in [0.1, 0.15) is 26.7 Å². The van der Waals surface area contributed by atoms with Crippen molar-refractivity contribution in [1.82, 2.24) is 4.90 Å². The summed E-state index contributed by atoms with van der Waals surface area (Å²) in [6, 6.07) is 0. The van der Waals surface area contributed by atoms with Gasteiger partial charge in [-0.15, -0.1) is 0 Å². The number of rotatable bonds is 2. The Morgan fingerprint density at radius 2 is 1.92 bits per heavy atom. The van der Waals surface area contributed by atoms with Crippen LogP contribution in [0.5, 0.6) is 0 Å². The summed E-state index contributed by atoms with van der Waals surface area (Å²) in [7, 11) is 0. The quantitative estimate of drug-likeness (QED) is 0.631. The highest BCUT2D eigenvalue weighted by Crippen LogP contribution is 2.21. The van der Waals surface area contributed by atoms with E-state index in [1.54, 1.807) is 0 Å². The maximum absolute atomic E-state index is 5.71. The Kier molecular flexibility index (Phi) is 2.91. The van der Waals surface area contributed by atoms with Gasteiger partial charge in [0, 0.05) is 25.2 Å². The number of hydrogen-bond donors (Lipinski definition) is 1. The second kappa shape index (κ2) is 3.58. The molecule has 0 aromatic rings. The average molecular weight is 168 g/mol. The molecule has 2 nitrogen and oxygen atoms in total. The third-order valence-electron chi connectivity index (χ3n) is 2.83. The first-order valence-electron chi connectivity index (χ1n) is 4.68. The molecule has 0 spiro atoms. The van der Waals surface area contributed by atoms with E-state index >= 15 is 0 Å². The van der Waals surface area contributed by atoms with Gasteiger partial charge in [-0.1, -0.05) is 12.2 Å². The highest BCUT2D eigenvalue weighted by Gasteiger charge is 2.26. The van der Waals surface area contributed by atoms with E-state index in [9.17, 15) is 0 Å². The molecule has 0 saturated carbocycles. The minimum atomic E-state index is 0.167. The van der Waals surface area contributed by atoms with Gasteiger partial charge in [-0.25, -0.2) is 0 Å². The largest absolute Gasteiger partial charge is 0.329 e. The van der Waals surface area contributed by atoms with Crippen molar-refractivity contribution >= 4 is 0 Å². The molecule has 1 aliphatic heterocycles. The molecule has 1 aliphatic rings. The standard InChI is InChI=1S/C10H20N2/c1-9-4-6-12(7-5-9)10(2,3)8-11/h1,4-8,11H2,2-3H3. The molecule has 1 heterocycles. The molecule has 0 aromatic heterocycles. The fraction of sp³-hybridized carbons (Fsp3) is 0.800. The van der Waals surface area contributed by atoms with Crippen molar-refractivity contribution in [2.45, 2.75) is 32.2 Å². The lowest BCUT2D eigenvalue weighted by atomic mass is 9.97. The van der Waals surface area contributed by atoms with E-state index in [1.807, 2.05) is 0 Å². The number of nitrogens with two attached hydrogens (primary N) is 1. The Morgan fingerprint density at radius 1 is 1.42 bits per heavy atom. The predicted molar refractivity (Wildman–Crippen MR) is 53.1 cm³/mol. The van der Waals surface area contributed by atoms with Crippen molar-refractivity contribution < 1.29 is 0 Å². The number of nitrogens with zero attached hydrogens (tertiary/aromatic N) is 1. The first-order chi connectivity index (χ1) is 5.56. The normalized spacial score (nSPS) is 21.4. The Bertz CT molecular complexity index is 163. The van der Waals surface area contributed by atoms with E-state index in [0.29, 0.717) is 0 Å². The average Bonchev–Trinajstić information content (AvgIpc) is 2.05. The molecule has 1 saturated heterocycles. The van der Waals surface area contributed by atoms with Gasteiger partial charge in [0.1, 0.15) is 0 Å². The first-order valence-corrected chi connectivity index (χ1v) is 4.68. The zero-order chi connectivity index (χ0) is 9.19. The van der Waals surface area contributed by atoms with E-state index in [2.05, 4.69) is 25.3 Å². The zero-order valence-electron chi connectivity index (χ0n) is 8.27. The minimum absolute atomic E-state index is 0.167. The highest BCUT2D eigenvalue weighted by molar-refractivity contribution is 5.01. The third-order valence-corrected chi connectivity index (χ3v) is 2.83. The van der Waals surface area contributed by atoms with Crippen LogP contribution in [0, 0.1) is 0 Å². The monoisotopic (exact) mass is 168 g/mol. The molecule has 0 amide bonds. The summed E-state index contributed by atoms with van der Waals surface area (Å²) in [5, 5.41) is 0. The molecule has 1 rings (SSSR count). The van der Waals surface area contributed by atoms with E-state index in [0.717, 1.165) is 32.5 Å². The third kappa shape index (κ3) is 2.08. The van der Waals surface area contributed by atoms with Gasteiger partial charge in [-0.3, -0.25) is 4.90 Å². The molecule has 12 heavy (non-hydrogen) atoms. The summed E-state index contributed by atoms with van der Waals surface area (Å²) >= 11 is 0. The summed E-state index contributed by atoms with van der Waals surface area (Å²) in [5.41, 5.74) is 7.26. The maximum Gasteiger partial charge on any atom is 0.0275 e. The topological polar surface area (TPSA) is 29.3 Å². The van der Waals surface area contributed by atoms with Crippen LogP contribution >= 0.6 is 0 Å². The van der Waals surface area contributed by atoms with E-state index in [1.165, 1.54) is 5.57 Å². The maximum atomic E-state index is 5.71. The molecule has 70 valence electrons. The van der Waals surface area contributed by atoms with Gasteiger partial charge in [0.2, 0.25) is 0 Å². The van der Waals surface area contributed by atoms with Crippen molar-refractivity contribution in [3.8, 4) is 0 Å². The summed E-state index contributed by atoms with van der Waals surface area (Å²) in [6.07, 6.45) is 2.28. The zero-order valence-corrected chi connectivity index (χ0v) is 8.27. The second-order valence-corrected chi connectivity index (χ2v) is 4.25. The van der Waals surface area contributed by atoms with Crippen LogP contribution in [0.3, 0.4) is 0 Å². The summed E-state index contributed by atoms with van der Waals surface area (Å²) < 4.78 is 0. The smallest absolute Gasteiger partial charge is 0.0275 e. The molecule has 0 atom stereocenters. The van der Waals surface area contributed by atoms with Gasteiger partial charge in [0.25, 0.3) is 0 Å².